The van der Waals surface area contributed by atoms with E-state index >= 15 is 0 Å². The first kappa shape index (κ1) is 16.7. The van der Waals surface area contributed by atoms with Gasteiger partial charge in [0.25, 0.3) is 0 Å². The number of carbonyl (C=O) groups excluding carboxylic acids is 1. The molecule has 0 atom stereocenters. The number of ketones is 1. The van der Waals surface area contributed by atoms with Crippen LogP contribution < -0.4 is 4.74 Å². The molecule has 0 saturated heterocycles. The number of rotatable bonds is 9. The normalized spacial score (nSPS) is 11.4. The molecule has 20 heavy (non-hydrogen) atoms. The molecule has 1 aromatic carbocycles. The van der Waals surface area contributed by atoms with Gasteiger partial charge < -0.3 is 9.84 Å². The van der Waals surface area contributed by atoms with Gasteiger partial charge in [0.1, 0.15) is 12.4 Å². The van der Waals surface area contributed by atoms with E-state index in [4.69, 9.17) is 4.74 Å². The van der Waals surface area contributed by atoms with Gasteiger partial charge in [0.05, 0.1) is 5.60 Å². The second-order valence-corrected chi connectivity index (χ2v) is 5.32. The summed E-state index contributed by atoms with van der Waals surface area (Å²) >= 11 is 0. The third-order valence-corrected chi connectivity index (χ3v) is 3.42. The highest BCUT2D eigenvalue weighted by atomic mass is 16.5. The molecule has 0 spiro atoms. The standard InChI is InChI=1S/C17H26O3/c1-4-10-17(19,11-5-2)13-20-15-9-7-8-14(12-15)16(18)6-3/h7-9,12,19H,4-6,10-11,13H2,1-3H3. The van der Waals surface area contributed by atoms with Crippen molar-refractivity contribution in [3.8, 4) is 5.75 Å². The first-order valence-corrected chi connectivity index (χ1v) is 7.53. The van der Waals surface area contributed by atoms with Gasteiger partial charge in [-0.15, -0.1) is 0 Å². The fourth-order valence-electron chi connectivity index (χ4n) is 2.38. The van der Waals surface area contributed by atoms with Gasteiger partial charge in [0, 0.05) is 12.0 Å². The summed E-state index contributed by atoms with van der Waals surface area (Å²) in [7, 11) is 0. The molecule has 0 heterocycles. The fourth-order valence-corrected chi connectivity index (χ4v) is 2.38. The zero-order valence-corrected chi connectivity index (χ0v) is 12.8. The number of benzene rings is 1. The smallest absolute Gasteiger partial charge is 0.162 e. The van der Waals surface area contributed by atoms with E-state index in [1.165, 1.54) is 0 Å². The summed E-state index contributed by atoms with van der Waals surface area (Å²) < 4.78 is 5.71. The summed E-state index contributed by atoms with van der Waals surface area (Å²) in [6, 6.07) is 7.19. The predicted octanol–water partition coefficient (Wildman–Crippen LogP) is 3.99. The maximum absolute atomic E-state index is 11.7. The van der Waals surface area contributed by atoms with Crippen LogP contribution in [0.25, 0.3) is 0 Å². The van der Waals surface area contributed by atoms with Crippen molar-refractivity contribution < 1.29 is 14.6 Å². The van der Waals surface area contributed by atoms with Gasteiger partial charge in [-0.2, -0.15) is 0 Å². The molecule has 0 bridgehead atoms. The lowest BCUT2D eigenvalue weighted by Crippen LogP contribution is -2.35. The van der Waals surface area contributed by atoms with Crippen molar-refractivity contribution in [1.29, 1.82) is 0 Å². The number of ether oxygens (including phenoxy) is 1. The SMILES string of the molecule is CCCC(O)(CCC)COc1cccc(C(=O)CC)c1. The van der Waals surface area contributed by atoms with E-state index in [2.05, 4.69) is 13.8 Å². The van der Waals surface area contributed by atoms with Crippen LogP contribution in [0.15, 0.2) is 24.3 Å². The van der Waals surface area contributed by atoms with Crippen molar-refractivity contribution in [2.45, 2.75) is 58.5 Å². The van der Waals surface area contributed by atoms with Crippen LogP contribution in [0.2, 0.25) is 0 Å². The molecule has 3 nitrogen and oxygen atoms in total. The molecule has 0 fully saturated rings. The Labute approximate surface area is 122 Å². The van der Waals surface area contributed by atoms with Gasteiger partial charge in [0.15, 0.2) is 5.78 Å². The Bertz CT molecular complexity index is 420. The highest BCUT2D eigenvalue weighted by Gasteiger charge is 2.25. The highest BCUT2D eigenvalue weighted by Crippen LogP contribution is 2.22. The Balaban J connectivity index is 2.70. The van der Waals surface area contributed by atoms with Crippen molar-refractivity contribution in [3.63, 3.8) is 0 Å². The second kappa shape index (κ2) is 8.05. The minimum Gasteiger partial charge on any atom is -0.491 e. The van der Waals surface area contributed by atoms with Gasteiger partial charge in [-0.05, 0) is 25.0 Å². The summed E-state index contributed by atoms with van der Waals surface area (Å²) in [6.07, 6.45) is 3.80. The zero-order chi connectivity index (χ0) is 15.0. The molecule has 3 heteroatoms. The Morgan fingerprint density at radius 3 is 2.40 bits per heavy atom. The summed E-state index contributed by atoms with van der Waals surface area (Å²) in [5, 5.41) is 10.5. The molecule has 1 aromatic rings. The lowest BCUT2D eigenvalue weighted by Gasteiger charge is -2.27. The van der Waals surface area contributed by atoms with Crippen molar-refractivity contribution in [1.82, 2.24) is 0 Å². The van der Waals surface area contributed by atoms with Crippen LogP contribution in [0.3, 0.4) is 0 Å². The van der Waals surface area contributed by atoms with Gasteiger partial charge in [-0.1, -0.05) is 45.7 Å². The lowest BCUT2D eigenvalue weighted by atomic mass is 9.94. The molecule has 0 unspecified atom stereocenters. The van der Waals surface area contributed by atoms with Crippen molar-refractivity contribution in [2.75, 3.05) is 6.61 Å². The van der Waals surface area contributed by atoms with Gasteiger partial charge in [-0.25, -0.2) is 0 Å². The first-order chi connectivity index (χ1) is 9.54. The molecular formula is C17H26O3. The zero-order valence-electron chi connectivity index (χ0n) is 12.8. The Morgan fingerprint density at radius 2 is 1.85 bits per heavy atom. The number of carbonyl (C=O) groups is 1. The van der Waals surface area contributed by atoms with Crippen LogP contribution in [0.5, 0.6) is 5.75 Å². The van der Waals surface area contributed by atoms with Crippen LogP contribution >= 0.6 is 0 Å². The molecule has 1 N–H and O–H groups in total. The van der Waals surface area contributed by atoms with Crippen molar-refractivity contribution >= 4 is 5.78 Å². The number of Topliss-reactive ketones (excluding diaryl/α,β-unsaturated/α-hetero) is 1. The summed E-state index contributed by atoms with van der Waals surface area (Å²) in [5.41, 5.74) is -0.103. The van der Waals surface area contributed by atoms with E-state index in [9.17, 15) is 9.90 Å². The second-order valence-electron chi connectivity index (χ2n) is 5.32. The first-order valence-electron chi connectivity index (χ1n) is 7.53. The highest BCUT2D eigenvalue weighted by molar-refractivity contribution is 5.96. The van der Waals surface area contributed by atoms with Crippen LogP contribution in [-0.2, 0) is 0 Å². The molecule has 0 amide bonds. The third-order valence-electron chi connectivity index (χ3n) is 3.42. The van der Waals surface area contributed by atoms with E-state index in [-0.39, 0.29) is 12.4 Å². The molecule has 1 rings (SSSR count). The van der Waals surface area contributed by atoms with Crippen LogP contribution in [0.4, 0.5) is 0 Å². The van der Waals surface area contributed by atoms with E-state index in [0.29, 0.717) is 17.7 Å². The predicted molar refractivity (Wildman–Crippen MR) is 81.3 cm³/mol. The maximum atomic E-state index is 11.7. The topological polar surface area (TPSA) is 46.5 Å². The molecule has 112 valence electrons. The minimum atomic E-state index is -0.770. The lowest BCUT2D eigenvalue weighted by molar-refractivity contribution is -0.0202. The molecular weight excluding hydrogens is 252 g/mol. The van der Waals surface area contributed by atoms with E-state index in [0.717, 1.165) is 25.7 Å². The van der Waals surface area contributed by atoms with Gasteiger partial charge in [0.2, 0.25) is 0 Å². The van der Waals surface area contributed by atoms with E-state index in [1.54, 1.807) is 12.1 Å². The molecule has 0 aliphatic rings. The van der Waals surface area contributed by atoms with Gasteiger partial charge >= 0.3 is 0 Å². The Hall–Kier alpha value is -1.35. The molecule has 0 radical (unpaired) electrons. The minimum absolute atomic E-state index is 0.104. The monoisotopic (exact) mass is 278 g/mol. The maximum Gasteiger partial charge on any atom is 0.162 e. The number of aliphatic hydroxyl groups is 1. The molecule has 0 aromatic heterocycles. The summed E-state index contributed by atoms with van der Waals surface area (Å²) in [5.74, 6) is 0.753. The summed E-state index contributed by atoms with van der Waals surface area (Å²) in [6.45, 7) is 6.23. The molecule has 0 aliphatic heterocycles. The average Bonchev–Trinajstić information content (AvgIpc) is 2.45. The Morgan fingerprint density at radius 1 is 1.20 bits per heavy atom. The average molecular weight is 278 g/mol. The van der Waals surface area contributed by atoms with E-state index in [1.807, 2.05) is 19.1 Å². The number of hydrogen-bond acceptors (Lipinski definition) is 3. The Kier molecular flexibility index (Phi) is 6.73. The quantitative estimate of drug-likeness (QED) is 0.695. The number of hydrogen-bond donors (Lipinski definition) is 1. The third kappa shape index (κ3) is 4.97. The molecule has 0 aliphatic carbocycles. The largest absolute Gasteiger partial charge is 0.491 e. The van der Waals surface area contributed by atoms with Crippen LogP contribution in [0.1, 0.15) is 63.2 Å². The van der Waals surface area contributed by atoms with Crippen molar-refractivity contribution in [2.24, 2.45) is 0 Å². The van der Waals surface area contributed by atoms with Crippen LogP contribution in [-0.4, -0.2) is 23.1 Å². The van der Waals surface area contributed by atoms with Crippen LogP contribution in [0, 0.1) is 0 Å². The van der Waals surface area contributed by atoms with E-state index < -0.39 is 5.60 Å². The van der Waals surface area contributed by atoms with Crippen molar-refractivity contribution in [3.05, 3.63) is 29.8 Å². The fraction of sp³-hybridized carbons (Fsp3) is 0.588. The summed E-state index contributed by atoms with van der Waals surface area (Å²) in [4.78, 5) is 11.7. The van der Waals surface area contributed by atoms with Gasteiger partial charge in [-0.3, -0.25) is 4.79 Å². The molecule has 0 saturated carbocycles.